The molecule has 8 nitrogen and oxygen atoms in total. The normalized spacial score (nSPS) is 11.2. The Balaban J connectivity index is 1.85. The van der Waals surface area contributed by atoms with E-state index in [1.54, 1.807) is 0 Å². The minimum absolute atomic E-state index is 0.0869. The fourth-order valence-corrected chi connectivity index (χ4v) is 2.44. The van der Waals surface area contributed by atoms with Crippen molar-refractivity contribution in [1.82, 2.24) is 30.3 Å². The van der Waals surface area contributed by atoms with E-state index in [1.807, 2.05) is 0 Å². The van der Waals surface area contributed by atoms with Gasteiger partial charge in [-0.25, -0.2) is 9.97 Å². The van der Waals surface area contributed by atoms with Crippen LogP contribution in [0.5, 0.6) is 0 Å². The third-order valence-electron chi connectivity index (χ3n) is 3.71. The van der Waals surface area contributed by atoms with Gasteiger partial charge in [0.25, 0.3) is 5.91 Å². The predicted octanol–water partition coefficient (Wildman–Crippen LogP) is 2.23. The molecule has 0 saturated carbocycles. The molecule has 0 fully saturated rings. The van der Waals surface area contributed by atoms with Crippen molar-refractivity contribution in [3.05, 3.63) is 65.8 Å². The van der Waals surface area contributed by atoms with Crippen LogP contribution in [0.4, 0.5) is 19.0 Å². The third kappa shape index (κ3) is 3.82. The highest BCUT2D eigenvalue weighted by atomic mass is 19.4. The maximum absolute atomic E-state index is 13.1. The van der Waals surface area contributed by atoms with Crippen LogP contribution in [-0.4, -0.2) is 30.9 Å². The molecule has 3 N–H and O–H groups in total. The molecule has 0 saturated heterocycles. The molecule has 1 amide bonds. The average Bonchev–Trinajstić information content (AvgIpc) is 3.20. The van der Waals surface area contributed by atoms with Crippen LogP contribution >= 0.6 is 0 Å². The van der Waals surface area contributed by atoms with Gasteiger partial charge in [-0.05, 0) is 17.7 Å². The number of nitrogen functional groups attached to an aromatic ring is 1. The molecule has 0 aliphatic carbocycles. The number of nitrogens with two attached hydrogens (primary N) is 1. The Morgan fingerprint density at radius 1 is 1.21 bits per heavy atom. The molecule has 1 aromatic carbocycles. The van der Waals surface area contributed by atoms with E-state index in [9.17, 15) is 18.0 Å². The molecule has 11 heteroatoms. The second kappa shape index (κ2) is 7.47. The Morgan fingerprint density at radius 2 is 1.89 bits per heavy atom. The number of carbonyl (C=O) groups is 1. The molecule has 0 aliphatic rings. The average molecular weight is 389 g/mol. The highest BCUT2D eigenvalue weighted by Crippen LogP contribution is 2.31. The molecule has 144 valence electrons. The van der Waals surface area contributed by atoms with E-state index in [4.69, 9.17) is 5.73 Å². The summed E-state index contributed by atoms with van der Waals surface area (Å²) in [5.74, 6) is -0.832. The summed E-state index contributed by atoms with van der Waals surface area (Å²) in [5.41, 5.74) is 4.83. The van der Waals surface area contributed by atoms with Gasteiger partial charge in [-0.15, -0.1) is 4.80 Å². The van der Waals surface area contributed by atoms with Crippen molar-refractivity contribution in [2.75, 3.05) is 5.73 Å². The summed E-state index contributed by atoms with van der Waals surface area (Å²) in [5, 5.41) is 10.2. The molecule has 0 spiro atoms. The number of anilines is 1. The zero-order valence-electron chi connectivity index (χ0n) is 14.3. The molecule has 0 atom stereocenters. The summed E-state index contributed by atoms with van der Waals surface area (Å²) >= 11 is 0. The van der Waals surface area contributed by atoms with E-state index in [1.165, 1.54) is 36.7 Å². The number of amides is 1. The van der Waals surface area contributed by atoms with Crippen LogP contribution in [-0.2, 0) is 12.7 Å². The van der Waals surface area contributed by atoms with E-state index >= 15 is 0 Å². The fourth-order valence-electron chi connectivity index (χ4n) is 2.44. The first kappa shape index (κ1) is 19.0. The molecule has 0 bridgehead atoms. The number of benzene rings is 1. The van der Waals surface area contributed by atoms with Gasteiger partial charge in [0.2, 0.25) is 5.82 Å². The largest absolute Gasteiger partial charge is 0.416 e. The molecule has 2 aromatic heterocycles. The van der Waals surface area contributed by atoms with Crippen LogP contribution in [0.15, 0.2) is 43.2 Å². The predicted molar refractivity (Wildman–Crippen MR) is 94.1 cm³/mol. The van der Waals surface area contributed by atoms with Crippen molar-refractivity contribution in [3.8, 4) is 5.82 Å². The van der Waals surface area contributed by atoms with Gasteiger partial charge in [0.1, 0.15) is 5.69 Å². The lowest BCUT2D eigenvalue weighted by molar-refractivity contribution is -0.138. The lowest BCUT2D eigenvalue weighted by Gasteiger charge is -2.14. The van der Waals surface area contributed by atoms with Crippen molar-refractivity contribution in [2.45, 2.75) is 12.7 Å². The van der Waals surface area contributed by atoms with E-state index in [0.717, 1.165) is 10.9 Å². The number of nitrogens with one attached hydrogen (secondary N) is 1. The summed E-state index contributed by atoms with van der Waals surface area (Å²) in [7, 11) is 0. The van der Waals surface area contributed by atoms with E-state index < -0.39 is 17.6 Å². The first-order valence-electron chi connectivity index (χ1n) is 7.91. The Bertz CT molecular complexity index is 1020. The molecule has 0 unspecified atom stereocenters. The van der Waals surface area contributed by atoms with Gasteiger partial charge < -0.3 is 11.1 Å². The molecule has 28 heavy (non-hydrogen) atoms. The van der Waals surface area contributed by atoms with Crippen molar-refractivity contribution in [2.24, 2.45) is 0 Å². The SMILES string of the molecule is C=Cc1nc(C(=O)NCc2ccccc2C(F)(F)F)c(N)nc1-n1nccn1. The number of carbonyl (C=O) groups excluding carboxylic acids is 1. The number of hydrogen-bond acceptors (Lipinski definition) is 6. The van der Waals surface area contributed by atoms with E-state index in [-0.39, 0.29) is 35.1 Å². The number of hydrogen-bond donors (Lipinski definition) is 2. The molecule has 2 heterocycles. The van der Waals surface area contributed by atoms with Gasteiger partial charge >= 0.3 is 6.18 Å². The van der Waals surface area contributed by atoms with Gasteiger partial charge in [0, 0.05) is 6.54 Å². The van der Waals surface area contributed by atoms with E-state index in [0.29, 0.717) is 0 Å². The zero-order valence-corrected chi connectivity index (χ0v) is 14.3. The van der Waals surface area contributed by atoms with Gasteiger partial charge in [-0.2, -0.15) is 23.4 Å². The highest BCUT2D eigenvalue weighted by Gasteiger charge is 2.33. The van der Waals surface area contributed by atoms with Crippen molar-refractivity contribution in [1.29, 1.82) is 0 Å². The minimum atomic E-state index is -4.53. The zero-order chi connectivity index (χ0) is 20.3. The first-order chi connectivity index (χ1) is 13.3. The second-order valence-electron chi connectivity index (χ2n) is 5.53. The number of aromatic nitrogens is 5. The smallest absolute Gasteiger partial charge is 0.382 e. The number of halogens is 3. The van der Waals surface area contributed by atoms with Crippen LogP contribution in [0.2, 0.25) is 0 Å². The standard InChI is InChI=1S/C17H14F3N7O/c1-2-12-15(27-23-7-8-24-27)26-14(21)13(25-12)16(28)22-9-10-5-3-4-6-11(10)17(18,19)20/h2-8H,1,9H2,(H2,21,26)(H,22,28). The van der Waals surface area contributed by atoms with Crippen LogP contribution in [0.25, 0.3) is 11.9 Å². The Labute approximate surface area is 156 Å². The quantitative estimate of drug-likeness (QED) is 0.692. The molecule has 3 aromatic rings. The minimum Gasteiger partial charge on any atom is -0.382 e. The Hall–Kier alpha value is -3.76. The summed E-state index contributed by atoms with van der Waals surface area (Å²) in [6.07, 6.45) is -0.359. The van der Waals surface area contributed by atoms with Gasteiger partial charge in [0.05, 0.1) is 18.0 Å². The summed E-state index contributed by atoms with van der Waals surface area (Å²) in [4.78, 5) is 21.7. The van der Waals surface area contributed by atoms with Crippen molar-refractivity contribution >= 4 is 17.8 Å². The van der Waals surface area contributed by atoms with Gasteiger partial charge in [0.15, 0.2) is 11.5 Å². The molecule has 3 rings (SSSR count). The Morgan fingerprint density at radius 3 is 2.54 bits per heavy atom. The molecular weight excluding hydrogens is 375 g/mol. The first-order valence-corrected chi connectivity index (χ1v) is 7.91. The van der Waals surface area contributed by atoms with E-state index in [2.05, 4.69) is 32.1 Å². The Kier molecular flexibility index (Phi) is 5.07. The van der Waals surface area contributed by atoms with Gasteiger partial charge in [-0.1, -0.05) is 24.8 Å². The molecule has 0 aliphatic heterocycles. The fraction of sp³-hybridized carbons (Fsp3) is 0.118. The second-order valence-corrected chi connectivity index (χ2v) is 5.53. The molecule has 0 radical (unpaired) electrons. The summed E-state index contributed by atoms with van der Waals surface area (Å²) in [6, 6.07) is 4.94. The summed E-state index contributed by atoms with van der Waals surface area (Å²) < 4.78 is 39.2. The maximum Gasteiger partial charge on any atom is 0.416 e. The lowest BCUT2D eigenvalue weighted by Crippen LogP contribution is -2.27. The number of alkyl halides is 3. The maximum atomic E-state index is 13.1. The number of nitrogens with zero attached hydrogens (tertiary/aromatic N) is 5. The third-order valence-corrected chi connectivity index (χ3v) is 3.71. The lowest BCUT2D eigenvalue weighted by atomic mass is 10.1. The molecular formula is C17H14F3N7O. The summed E-state index contributed by atoms with van der Waals surface area (Å²) in [6.45, 7) is 3.24. The van der Waals surface area contributed by atoms with Crippen LogP contribution in [0, 0.1) is 0 Å². The van der Waals surface area contributed by atoms with Crippen molar-refractivity contribution < 1.29 is 18.0 Å². The van der Waals surface area contributed by atoms with Gasteiger partial charge in [-0.3, -0.25) is 4.79 Å². The highest BCUT2D eigenvalue weighted by molar-refractivity contribution is 5.96. The van der Waals surface area contributed by atoms with Crippen LogP contribution < -0.4 is 11.1 Å². The van der Waals surface area contributed by atoms with Crippen molar-refractivity contribution in [3.63, 3.8) is 0 Å². The topological polar surface area (TPSA) is 112 Å². The van der Waals surface area contributed by atoms with Crippen LogP contribution in [0.3, 0.4) is 0 Å². The van der Waals surface area contributed by atoms with Crippen LogP contribution in [0.1, 0.15) is 27.3 Å². The number of rotatable bonds is 5. The monoisotopic (exact) mass is 389 g/mol.